The minimum Gasteiger partial charge on any atom is -0.378 e. The molecule has 1 saturated carbocycles. The number of nitrogens with zero attached hydrogens (tertiary/aromatic N) is 2. The molecule has 1 N–H and O–H groups in total. The summed E-state index contributed by atoms with van der Waals surface area (Å²) >= 11 is 0. The Morgan fingerprint density at radius 2 is 1.76 bits per heavy atom. The minimum absolute atomic E-state index is 0.0398. The zero-order valence-corrected chi connectivity index (χ0v) is 18.3. The van der Waals surface area contributed by atoms with Gasteiger partial charge in [0.25, 0.3) is 0 Å². The van der Waals surface area contributed by atoms with Crippen molar-refractivity contribution in [2.45, 2.75) is 45.2 Å². The van der Waals surface area contributed by atoms with Gasteiger partial charge in [0, 0.05) is 38.4 Å². The number of morpholine rings is 1. The van der Waals surface area contributed by atoms with Gasteiger partial charge in [-0.1, -0.05) is 19.1 Å². The largest absolute Gasteiger partial charge is 0.378 e. The summed E-state index contributed by atoms with van der Waals surface area (Å²) in [5.74, 6) is -0.237. The predicted octanol–water partition coefficient (Wildman–Crippen LogP) is 1.98. The number of nitrogens with one attached hydrogen (secondary N) is 1. The van der Waals surface area contributed by atoms with Crippen LogP contribution < -0.4 is 9.62 Å². The lowest BCUT2D eigenvalue weighted by molar-refractivity contribution is -0.127. The lowest BCUT2D eigenvalue weighted by Crippen LogP contribution is -2.42. The van der Waals surface area contributed by atoms with Crippen molar-refractivity contribution in [3.05, 3.63) is 29.8 Å². The smallest absolute Gasteiger partial charge is 0.239 e. The van der Waals surface area contributed by atoms with Crippen LogP contribution in [-0.4, -0.2) is 64.4 Å². The molecule has 0 radical (unpaired) electrons. The summed E-state index contributed by atoms with van der Waals surface area (Å²) in [6, 6.07) is 8.03. The van der Waals surface area contributed by atoms with Crippen molar-refractivity contribution in [2.24, 2.45) is 5.92 Å². The van der Waals surface area contributed by atoms with Gasteiger partial charge in [-0.2, -0.15) is 0 Å². The Morgan fingerprint density at radius 1 is 1.14 bits per heavy atom. The zero-order chi connectivity index (χ0) is 20.9. The number of hydrogen-bond acceptors (Lipinski definition) is 5. The standard InChI is InChI=1S/C21H33N3O4S/c1-17-3-7-19(8-4-17)22-29(26,27)16-21(25)23(2)15-18-5-9-20(10-6-18)24-11-13-28-14-12-24/h5-6,9-10,17,19,22H,3-4,7-8,11-16H2,1-2H3. The molecule has 7 nitrogen and oxygen atoms in total. The number of amides is 1. The molecule has 1 aliphatic heterocycles. The van der Waals surface area contributed by atoms with E-state index < -0.39 is 15.8 Å². The van der Waals surface area contributed by atoms with E-state index in [2.05, 4.69) is 16.5 Å². The molecule has 0 bridgehead atoms. The highest BCUT2D eigenvalue weighted by molar-refractivity contribution is 7.90. The molecule has 0 spiro atoms. The van der Waals surface area contributed by atoms with Crippen LogP contribution in [0.4, 0.5) is 5.69 Å². The molecule has 1 aromatic carbocycles. The highest BCUT2D eigenvalue weighted by Crippen LogP contribution is 2.24. The minimum atomic E-state index is -3.62. The van der Waals surface area contributed by atoms with E-state index in [4.69, 9.17) is 4.74 Å². The second-order valence-corrected chi connectivity index (χ2v) is 10.1. The molecule has 2 fully saturated rings. The normalized spacial score (nSPS) is 23.0. The summed E-state index contributed by atoms with van der Waals surface area (Å²) < 4.78 is 32.9. The van der Waals surface area contributed by atoms with Crippen LogP contribution >= 0.6 is 0 Å². The lowest BCUT2D eigenvalue weighted by atomic mass is 9.88. The molecule has 1 aliphatic carbocycles. The number of benzene rings is 1. The van der Waals surface area contributed by atoms with Crippen LogP contribution in [0.3, 0.4) is 0 Å². The second-order valence-electron chi connectivity index (χ2n) is 8.35. The number of sulfonamides is 1. The predicted molar refractivity (Wildman–Crippen MR) is 114 cm³/mol. The van der Waals surface area contributed by atoms with Gasteiger partial charge in [-0.3, -0.25) is 4.79 Å². The molecule has 3 rings (SSSR count). The SMILES string of the molecule is CC1CCC(NS(=O)(=O)CC(=O)N(C)Cc2ccc(N3CCOCC3)cc2)CC1. The molecular weight excluding hydrogens is 390 g/mol. The van der Waals surface area contributed by atoms with Gasteiger partial charge in [-0.05, 0) is 49.3 Å². The fourth-order valence-corrected chi connectivity index (χ4v) is 5.31. The summed E-state index contributed by atoms with van der Waals surface area (Å²) in [6.45, 7) is 5.81. The number of rotatable bonds is 7. The molecular formula is C21H33N3O4S. The van der Waals surface area contributed by atoms with Crippen LogP contribution in [0.2, 0.25) is 0 Å². The van der Waals surface area contributed by atoms with Gasteiger partial charge >= 0.3 is 0 Å². The van der Waals surface area contributed by atoms with Crippen molar-refractivity contribution in [1.82, 2.24) is 9.62 Å². The van der Waals surface area contributed by atoms with Gasteiger partial charge in [0.05, 0.1) is 13.2 Å². The van der Waals surface area contributed by atoms with Crippen molar-refractivity contribution < 1.29 is 17.9 Å². The van der Waals surface area contributed by atoms with E-state index in [1.807, 2.05) is 24.3 Å². The quantitative estimate of drug-likeness (QED) is 0.726. The van der Waals surface area contributed by atoms with Crippen molar-refractivity contribution in [3.63, 3.8) is 0 Å². The lowest BCUT2D eigenvalue weighted by Gasteiger charge is -2.29. The fraction of sp³-hybridized carbons (Fsp3) is 0.667. The first-order chi connectivity index (χ1) is 13.8. The van der Waals surface area contributed by atoms with Crippen LogP contribution in [0.25, 0.3) is 0 Å². The van der Waals surface area contributed by atoms with E-state index >= 15 is 0 Å². The van der Waals surface area contributed by atoms with E-state index in [0.717, 1.165) is 63.2 Å². The molecule has 2 aliphatic rings. The Bertz CT molecular complexity index is 768. The summed E-state index contributed by atoms with van der Waals surface area (Å²) in [6.07, 6.45) is 3.75. The highest BCUT2D eigenvalue weighted by atomic mass is 32.2. The molecule has 1 heterocycles. The molecule has 162 valence electrons. The van der Waals surface area contributed by atoms with E-state index in [-0.39, 0.29) is 11.9 Å². The second kappa shape index (κ2) is 9.91. The topological polar surface area (TPSA) is 79.0 Å². The van der Waals surface area contributed by atoms with Crippen molar-refractivity contribution in [2.75, 3.05) is 44.0 Å². The maximum Gasteiger partial charge on any atom is 0.239 e. The summed E-state index contributed by atoms with van der Waals surface area (Å²) in [7, 11) is -1.97. The van der Waals surface area contributed by atoms with Crippen molar-refractivity contribution in [1.29, 1.82) is 0 Å². The van der Waals surface area contributed by atoms with Crippen LogP contribution in [0, 0.1) is 5.92 Å². The maximum atomic E-state index is 12.5. The van der Waals surface area contributed by atoms with Gasteiger partial charge in [-0.15, -0.1) is 0 Å². The van der Waals surface area contributed by atoms with Crippen LogP contribution in [0.5, 0.6) is 0 Å². The summed E-state index contributed by atoms with van der Waals surface area (Å²) in [5.41, 5.74) is 2.11. The third-order valence-electron chi connectivity index (χ3n) is 5.83. The number of anilines is 1. The Labute approximate surface area is 174 Å². The molecule has 8 heteroatoms. The van der Waals surface area contributed by atoms with Gasteiger partial charge < -0.3 is 14.5 Å². The average molecular weight is 424 g/mol. The number of ether oxygens (including phenoxy) is 1. The van der Waals surface area contributed by atoms with Crippen LogP contribution in [0.15, 0.2) is 24.3 Å². The van der Waals surface area contributed by atoms with E-state index in [1.165, 1.54) is 4.90 Å². The maximum absolute atomic E-state index is 12.5. The third kappa shape index (κ3) is 6.69. The molecule has 0 atom stereocenters. The van der Waals surface area contributed by atoms with E-state index in [9.17, 15) is 13.2 Å². The Balaban J connectivity index is 1.49. The van der Waals surface area contributed by atoms with Gasteiger partial charge in [-0.25, -0.2) is 13.1 Å². The Kier molecular flexibility index (Phi) is 7.54. The molecule has 1 amide bonds. The first-order valence-electron chi connectivity index (χ1n) is 10.5. The van der Waals surface area contributed by atoms with Crippen molar-refractivity contribution >= 4 is 21.6 Å². The van der Waals surface area contributed by atoms with Gasteiger partial charge in [0.1, 0.15) is 5.75 Å². The molecule has 0 aromatic heterocycles. The summed E-state index contributed by atoms with van der Waals surface area (Å²) in [4.78, 5) is 16.2. The molecule has 29 heavy (non-hydrogen) atoms. The number of carbonyl (C=O) groups excluding carboxylic acids is 1. The molecule has 1 saturated heterocycles. The third-order valence-corrected chi connectivity index (χ3v) is 7.15. The molecule has 1 aromatic rings. The zero-order valence-electron chi connectivity index (χ0n) is 17.5. The number of carbonyl (C=O) groups is 1. The van der Waals surface area contributed by atoms with Gasteiger partial charge in [0.15, 0.2) is 0 Å². The summed E-state index contributed by atoms with van der Waals surface area (Å²) in [5, 5.41) is 0. The monoisotopic (exact) mass is 423 g/mol. The molecule has 0 unspecified atom stereocenters. The van der Waals surface area contributed by atoms with E-state index in [0.29, 0.717) is 12.5 Å². The van der Waals surface area contributed by atoms with Crippen LogP contribution in [0.1, 0.15) is 38.2 Å². The highest BCUT2D eigenvalue weighted by Gasteiger charge is 2.26. The Morgan fingerprint density at radius 3 is 2.38 bits per heavy atom. The number of hydrogen-bond donors (Lipinski definition) is 1. The first-order valence-corrected chi connectivity index (χ1v) is 12.1. The fourth-order valence-electron chi connectivity index (χ4n) is 3.94. The Hall–Kier alpha value is -1.64. The first kappa shape index (κ1) is 22.1. The van der Waals surface area contributed by atoms with Gasteiger partial charge in [0.2, 0.25) is 15.9 Å². The van der Waals surface area contributed by atoms with Crippen molar-refractivity contribution in [3.8, 4) is 0 Å². The van der Waals surface area contributed by atoms with E-state index in [1.54, 1.807) is 7.05 Å². The average Bonchev–Trinajstić information content (AvgIpc) is 2.70. The van der Waals surface area contributed by atoms with Crippen LogP contribution in [-0.2, 0) is 26.1 Å².